The van der Waals surface area contributed by atoms with Crippen LogP contribution in [0.3, 0.4) is 0 Å². The summed E-state index contributed by atoms with van der Waals surface area (Å²) in [7, 11) is 1.93. The first-order chi connectivity index (χ1) is 9.19. The molecule has 6 heteroatoms. The highest BCUT2D eigenvalue weighted by Crippen LogP contribution is 2.12. The van der Waals surface area contributed by atoms with Crippen LogP contribution in [0.1, 0.15) is 10.7 Å². The Kier molecular flexibility index (Phi) is 4.48. The molecule has 0 spiro atoms. The second-order valence-electron chi connectivity index (χ2n) is 4.13. The number of benzene rings is 1. The number of rotatable bonds is 3. The highest BCUT2D eigenvalue weighted by molar-refractivity contribution is 7.09. The van der Waals surface area contributed by atoms with Crippen molar-refractivity contribution in [3.8, 4) is 0 Å². The van der Waals surface area contributed by atoms with Gasteiger partial charge < -0.3 is 4.90 Å². The van der Waals surface area contributed by atoms with Crippen LogP contribution in [0.15, 0.2) is 40.7 Å². The summed E-state index contributed by atoms with van der Waals surface area (Å²) in [6.07, 6.45) is 0. The van der Waals surface area contributed by atoms with Crippen molar-refractivity contribution < 1.29 is 0 Å². The van der Waals surface area contributed by atoms with Crippen LogP contribution in [0, 0.1) is 6.92 Å². The smallest absolute Gasteiger partial charge is 0.213 e. The predicted octanol–water partition coefficient (Wildman–Crippen LogP) is 2.03. The van der Waals surface area contributed by atoms with Gasteiger partial charge in [0.1, 0.15) is 0 Å². The molecule has 1 heterocycles. The van der Waals surface area contributed by atoms with Crippen LogP contribution in [-0.4, -0.2) is 22.9 Å². The zero-order valence-corrected chi connectivity index (χ0v) is 11.8. The summed E-state index contributed by atoms with van der Waals surface area (Å²) >= 11 is 1.64. The Bertz CT molecular complexity index is 549. The van der Waals surface area contributed by atoms with Crippen LogP contribution in [0.5, 0.6) is 0 Å². The number of nitrogens with two attached hydrogens (primary N) is 1. The summed E-state index contributed by atoms with van der Waals surface area (Å²) in [6, 6.07) is 9.69. The lowest BCUT2D eigenvalue weighted by molar-refractivity contribution is 0.474. The summed E-state index contributed by atoms with van der Waals surface area (Å²) in [5.41, 5.74) is 4.50. The molecule has 19 heavy (non-hydrogen) atoms. The lowest BCUT2D eigenvalue weighted by Gasteiger charge is -2.19. The maximum absolute atomic E-state index is 5.54. The van der Waals surface area contributed by atoms with Gasteiger partial charge in [-0.25, -0.2) is 15.8 Å². The lowest BCUT2D eigenvalue weighted by Crippen LogP contribution is -2.42. The van der Waals surface area contributed by atoms with Gasteiger partial charge in [-0.1, -0.05) is 18.2 Å². The molecule has 5 nitrogen and oxygen atoms in total. The standard InChI is InChI=1S/C13H17N5S/c1-10-15-12(9-19-10)8-18(2)13(17-14)16-11-6-4-3-5-7-11/h3-7,9H,8,14H2,1-2H3,(H,16,17). The van der Waals surface area contributed by atoms with Gasteiger partial charge in [0.05, 0.1) is 22.9 Å². The van der Waals surface area contributed by atoms with E-state index in [0.29, 0.717) is 12.5 Å². The zero-order valence-electron chi connectivity index (χ0n) is 11.0. The molecule has 0 saturated heterocycles. The van der Waals surface area contributed by atoms with Gasteiger partial charge in [-0.2, -0.15) is 0 Å². The van der Waals surface area contributed by atoms with Crippen LogP contribution < -0.4 is 11.3 Å². The number of hydrogen-bond donors (Lipinski definition) is 2. The van der Waals surface area contributed by atoms with Gasteiger partial charge in [0.15, 0.2) is 0 Å². The maximum Gasteiger partial charge on any atom is 0.213 e. The largest absolute Gasteiger partial charge is 0.339 e. The summed E-state index contributed by atoms with van der Waals surface area (Å²) < 4.78 is 0. The summed E-state index contributed by atoms with van der Waals surface area (Å²) in [5.74, 6) is 6.15. The van der Waals surface area contributed by atoms with Gasteiger partial charge >= 0.3 is 0 Å². The third kappa shape index (κ3) is 3.77. The van der Waals surface area contributed by atoms with Crippen molar-refractivity contribution in [2.75, 3.05) is 7.05 Å². The topological polar surface area (TPSA) is 66.5 Å². The van der Waals surface area contributed by atoms with Crippen LogP contribution >= 0.6 is 11.3 Å². The van der Waals surface area contributed by atoms with Crippen LogP contribution in [0.2, 0.25) is 0 Å². The molecule has 100 valence electrons. The molecule has 0 atom stereocenters. The second-order valence-corrected chi connectivity index (χ2v) is 5.19. The molecule has 1 aromatic carbocycles. The minimum atomic E-state index is 0.608. The minimum Gasteiger partial charge on any atom is -0.339 e. The molecule has 1 aromatic heterocycles. The van der Waals surface area contributed by atoms with Crippen molar-refractivity contribution in [3.05, 3.63) is 46.4 Å². The molecule has 0 unspecified atom stereocenters. The Balaban J connectivity index is 2.11. The number of hydrogen-bond acceptors (Lipinski definition) is 4. The third-order valence-electron chi connectivity index (χ3n) is 2.55. The van der Waals surface area contributed by atoms with Crippen molar-refractivity contribution in [1.29, 1.82) is 0 Å². The molecule has 0 fully saturated rings. The Morgan fingerprint density at radius 3 is 2.74 bits per heavy atom. The van der Waals surface area contributed by atoms with Crippen LogP contribution in [-0.2, 0) is 6.54 Å². The fraction of sp³-hybridized carbons (Fsp3) is 0.231. The molecule has 0 aliphatic carbocycles. The molecule has 0 bridgehead atoms. The van der Waals surface area contributed by atoms with Crippen molar-refractivity contribution in [2.45, 2.75) is 13.5 Å². The lowest BCUT2D eigenvalue weighted by atomic mass is 10.3. The van der Waals surface area contributed by atoms with Crippen LogP contribution in [0.4, 0.5) is 5.69 Å². The van der Waals surface area contributed by atoms with Gasteiger partial charge in [0.25, 0.3) is 0 Å². The molecule has 0 saturated carbocycles. The second kappa shape index (κ2) is 6.31. The first-order valence-electron chi connectivity index (χ1n) is 5.91. The van der Waals surface area contributed by atoms with Crippen molar-refractivity contribution in [1.82, 2.24) is 15.3 Å². The van der Waals surface area contributed by atoms with Gasteiger partial charge in [0.2, 0.25) is 5.96 Å². The molecular weight excluding hydrogens is 258 g/mol. The molecule has 2 aromatic rings. The fourth-order valence-corrected chi connectivity index (χ4v) is 2.26. The number of aryl methyl sites for hydroxylation is 1. The Morgan fingerprint density at radius 1 is 1.42 bits per heavy atom. The van der Waals surface area contributed by atoms with E-state index in [-0.39, 0.29) is 0 Å². The van der Waals surface area contributed by atoms with E-state index in [1.54, 1.807) is 11.3 Å². The Labute approximate surface area is 116 Å². The number of guanidine groups is 1. The van der Waals surface area contributed by atoms with Gasteiger partial charge in [0, 0.05) is 12.4 Å². The average molecular weight is 275 g/mol. The molecule has 0 amide bonds. The average Bonchev–Trinajstić information content (AvgIpc) is 2.82. The number of hydrazine groups is 1. The summed E-state index contributed by atoms with van der Waals surface area (Å²) in [6.45, 7) is 2.66. The SMILES string of the molecule is Cc1nc(CN(C)C(=Nc2ccccc2)NN)cs1. The first-order valence-corrected chi connectivity index (χ1v) is 6.79. The molecule has 3 N–H and O–H groups in total. The number of thiazole rings is 1. The number of nitrogens with zero attached hydrogens (tertiary/aromatic N) is 3. The third-order valence-corrected chi connectivity index (χ3v) is 3.37. The molecule has 0 aliphatic rings. The van der Waals surface area contributed by atoms with E-state index in [1.165, 1.54) is 0 Å². The minimum absolute atomic E-state index is 0.608. The number of aliphatic imine (C=N–C) groups is 1. The van der Waals surface area contributed by atoms with E-state index in [4.69, 9.17) is 5.84 Å². The predicted molar refractivity (Wildman–Crippen MR) is 79.2 cm³/mol. The summed E-state index contributed by atoms with van der Waals surface area (Å²) in [5, 5.41) is 3.10. The van der Waals surface area contributed by atoms with E-state index in [2.05, 4.69) is 15.4 Å². The molecule has 0 aliphatic heterocycles. The van der Waals surface area contributed by atoms with Gasteiger partial charge in [-0.15, -0.1) is 11.3 Å². The Morgan fingerprint density at radius 2 is 2.16 bits per heavy atom. The molecule has 2 rings (SSSR count). The fourth-order valence-electron chi connectivity index (χ4n) is 1.65. The van der Waals surface area contributed by atoms with Gasteiger partial charge in [-0.3, -0.25) is 5.43 Å². The van der Waals surface area contributed by atoms with E-state index >= 15 is 0 Å². The Hall–Kier alpha value is -1.92. The van der Waals surface area contributed by atoms with Crippen LogP contribution in [0.25, 0.3) is 0 Å². The van der Waals surface area contributed by atoms with E-state index in [0.717, 1.165) is 16.4 Å². The number of aromatic nitrogens is 1. The summed E-state index contributed by atoms with van der Waals surface area (Å²) in [4.78, 5) is 10.8. The maximum atomic E-state index is 5.54. The highest BCUT2D eigenvalue weighted by Gasteiger charge is 2.08. The number of para-hydroxylation sites is 1. The zero-order chi connectivity index (χ0) is 13.7. The van der Waals surface area contributed by atoms with Crippen molar-refractivity contribution >= 4 is 23.0 Å². The molecular formula is C13H17N5S. The van der Waals surface area contributed by atoms with E-state index < -0.39 is 0 Å². The quantitative estimate of drug-likeness (QED) is 0.389. The monoisotopic (exact) mass is 275 g/mol. The highest BCUT2D eigenvalue weighted by atomic mass is 32.1. The van der Waals surface area contributed by atoms with E-state index in [9.17, 15) is 0 Å². The number of nitrogens with one attached hydrogen (secondary N) is 1. The first kappa shape index (κ1) is 13.5. The van der Waals surface area contributed by atoms with E-state index in [1.807, 2.05) is 54.6 Å². The van der Waals surface area contributed by atoms with Crippen molar-refractivity contribution in [3.63, 3.8) is 0 Å². The normalized spacial score (nSPS) is 11.4. The molecule has 0 radical (unpaired) electrons. The van der Waals surface area contributed by atoms with Gasteiger partial charge in [-0.05, 0) is 19.1 Å². The van der Waals surface area contributed by atoms with Crippen molar-refractivity contribution in [2.24, 2.45) is 10.8 Å².